The number of para-hydroxylation sites is 1. The Hall–Kier alpha value is -2.73. The second-order valence-electron chi connectivity index (χ2n) is 7.59. The van der Waals surface area contributed by atoms with Crippen LogP contribution in [0.5, 0.6) is 0 Å². The molecule has 3 aromatic rings. The maximum absolute atomic E-state index is 12.9. The lowest BCUT2D eigenvalue weighted by Crippen LogP contribution is -2.37. The zero-order valence-corrected chi connectivity index (χ0v) is 16.6. The summed E-state index contributed by atoms with van der Waals surface area (Å²) in [6.45, 7) is 2.26. The topological polar surface area (TPSA) is 66.9 Å². The molecular weight excluding hydrogens is 370 g/mol. The van der Waals surface area contributed by atoms with Crippen molar-refractivity contribution < 1.29 is 4.79 Å². The lowest BCUT2D eigenvalue weighted by molar-refractivity contribution is 0.0923. The fraction of sp³-hybridized carbons (Fsp3) is 0.318. The van der Waals surface area contributed by atoms with Gasteiger partial charge in [0.15, 0.2) is 4.77 Å². The number of H-pyrrole nitrogens is 1. The SMILES string of the molecule is CC1CCC(NC(=O)c2ccc(-n3c(=S)[nH]c4ccccc4c3=O)cc2)CC1. The van der Waals surface area contributed by atoms with Crippen LogP contribution in [0.4, 0.5) is 0 Å². The second kappa shape index (κ2) is 7.72. The van der Waals surface area contributed by atoms with Crippen molar-refractivity contribution in [1.82, 2.24) is 14.9 Å². The number of aromatic nitrogens is 2. The van der Waals surface area contributed by atoms with Crippen molar-refractivity contribution in [2.75, 3.05) is 0 Å². The molecule has 6 heteroatoms. The van der Waals surface area contributed by atoms with Crippen LogP contribution in [-0.2, 0) is 0 Å². The van der Waals surface area contributed by atoms with Gasteiger partial charge in [-0.05, 0) is 80.2 Å². The van der Waals surface area contributed by atoms with Gasteiger partial charge in [-0.2, -0.15) is 0 Å². The van der Waals surface area contributed by atoms with Gasteiger partial charge in [-0.15, -0.1) is 0 Å². The quantitative estimate of drug-likeness (QED) is 0.650. The number of carbonyl (C=O) groups is 1. The van der Waals surface area contributed by atoms with E-state index >= 15 is 0 Å². The van der Waals surface area contributed by atoms with Gasteiger partial charge >= 0.3 is 0 Å². The van der Waals surface area contributed by atoms with E-state index in [2.05, 4.69) is 17.2 Å². The Morgan fingerprint density at radius 1 is 1.07 bits per heavy atom. The van der Waals surface area contributed by atoms with Gasteiger partial charge in [0.05, 0.1) is 16.6 Å². The van der Waals surface area contributed by atoms with Gasteiger partial charge < -0.3 is 10.3 Å². The van der Waals surface area contributed by atoms with Crippen LogP contribution in [-0.4, -0.2) is 21.5 Å². The summed E-state index contributed by atoms with van der Waals surface area (Å²) in [6, 6.07) is 14.5. The van der Waals surface area contributed by atoms with E-state index in [0.717, 1.165) is 31.6 Å². The van der Waals surface area contributed by atoms with Crippen LogP contribution >= 0.6 is 12.2 Å². The minimum atomic E-state index is -0.173. The van der Waals surface area contributed by atoms with Crippen molar-refractivity contribution in [3.8, 4) is 5.69 Å². The minimum absolute atomic E-state index is 0.0675. The van der Waals surface area contributed by atoms with E-state index in [9.17, 15) is 9.59 Å². The number of hydrogen-bond donors (Lipinski definition) is 2. The average molecular weight is 394 g/mol. The number of hydrogen-bond acceptors (Lipinski definition) is 3. The Bertz CT molecular complexity index is 1120. The number of aromatic amines is 1. The van der Waals surface area contributed by atoms with E-state index in [4.69, 9.17) is 12.2 Å². The van der Waals surface area contributed by atoms with Gasteiger partial charge in [0.2, 0.25) is 0 Å². The first-order valence-electron chi connectivity index (χ1n) is 9.68. The number of nitrogens with one attached hydrogen (secondary N) is 2. The van der Waals surface area contributed by atoms with Crippen LogP contribution in [0.2, 0.25) is 0 Å². The predicted octanol–water partition coefficient (Wildman–Crippen LogP) is 4.36. The fourth-order valence-electron chi connectivity index (χ4n) is 3.83. The van der Waals surface area contributed by atoms with Crippen LogP contribution < -0.4 is 10.9 Å². The molecule has 0 spiro atoms. The van der Waals surface area contributed by atoms with Gasteiger partial charge in [0.1, 0.15) is 0 Å². The Kier molecular flexibility index (Phi) is 5.13. The molecule has 0 radical (unpaired) electrons. The number of benzene rings is 2. The normalized spacial score (nSPS) is 19.5. The van der Waals surface area contributed by atoms with Crippen molar-refractivity contribution in [1.29, 1.82) is 0 Å². The molecule has 1 aliphatic rings. The van der Waals surface area contributed by atoms with E-state index in [1.54, 1.807) is 30.3 Å². The van der Waals surface area contributed by atoms with Gasteiger partial charge in [-0.1, -0.05) is 19.1 Å². The Balaban J connectivity index is 1.58. The lowest BCUT2D eigenvalue weighted by Gasteiger charge is -2.26. The molecule has 0 unspecified atom stereocenters. The van der Waals surface area contributed by atoms with E-state index in [-0.39, 0.29) is 17.5 Å². The maximum Gasteiger partial charge on any atom is 0.266 e. The molecule has 2 aromatic carbocycles. The van der Waals surface area contributed by atoms with E-state index < -0.39 is 0 Å². The Morgan fingerprint density at radius 2 is 1.75 bits per heavy atom. The lowest BCUT2D eigenvalue weighted by atomic mass is 9.87. The first kappa shape index (κ1) is 18.6. The van der Waals surface area contributed by atoms with E-state index in [0.29, 0.717) is 26.9 Å². The Labute approximate surface area is 168 Å². The summed E-state index contributed by atoms with van der Waals surface area (Å²) in [5, 5.41) is 3.70. The summed E-state index contributed by atoms with van der Waals surface area (Å²) in [5.74, 6) is 0.680. The molecule has 1 aromatic heterocycles. The zero-order chi connectivity index (χ0) is 19.7. The third kappa shape index (κ3) is 3.64. The van der Waals surface area contributed by atoms with Crippen molar-refractivity contribution in [2.45, 2.75) is 38.6 Å². The van der Waals surface area contributed by atoms with Gasteiger partial charge in [0.25, 0.3) is 11.5 Å². The summed E-state index contributed by atoms with van der Waals surface area (Å²) in [5.41, 5.74) is 1.77. The van der Waals surface area contributed by atoms with E-state index in [1.165, 1.54) is 4.57 Å². The van der Waals surface area contributed by atoms with Crippen molar-refractivity contribution >= 4 is 29.0 Å². The number of rotatable bonds is 3. The molecule has 1 amide bonds. The summed E-state index contributed by atoms with van der Waals surface area (Å²) in [7, 11) is 0. The molecule has 0 aliphatic heterocycles. The number of carbonyl (C=O) groups excluding carboxylic acids is 1. The van der Waals surface area contributed by atoms with Crippen LogP contribution in [0.1, 0.15) is 43.0 Å². The van der Waals surface area contributed by atoms with Crippen LogP contribution in [0.3, 0.4) is 0 Å². The number of fused-ring (bicyclic) bond motifs is 1. The number of nitrogens with zero attached hydrogens (tertiary/aromatic N) is 1. The first-order chi connectivity index (χ1) is 13.5. The molecule has 0 atom stereocenters. The van der Waals surface area contributed by atoms with Gasteiger partial charge in [0, 0.05) is 11.6 Å². The highest BCUT2D eigenvalue weighted by Gasteiger charge is 2.20. The second-order valence-corrected chi connectivity index (χ2v) is 7.98. The van der Waals surface area contributed by atoms with Crippen LogP contribution in [0.15, 0.2) is 53.3 Å². The molecule has 2 N–H and O–H groups in total. The van der Waals surface area contributed by atoms with Crippen molar-refractivity contribution in [3.63, 3.8) is 0 Å². The molecule has 28 heavy (non-hydrogen) atoms. The van der Waals surface area contributed by atoms with Gasteiger partial charge in [-0.25, -0.2) is 0 Å². The van der Waals surface area contributed by atoms with Crippen LogP contribution in [0, 0.1) is 10.7 Å². The largest absolute Gasteiger partial charge is 0.349 e. The predicted molar refractivity (Wildman–Crippen MR) is 114 cm³/mol. The highest BCUT2D eigenvalue weighted by Crippen LogP contribution is 2.23. The summed E-state index contributed by atoms with van der Waals surface area (Å²) in [6.07, 6.45) is 4.39. The molecule has 1 fully saturated rings. The molecular formula is C22H23N3O2S. The minimum Gasteiger partial charge on any atom is -0.349 e. The monoisotopic (exact) mass is 393 g/mol. The van der Waals surface area contributed by atoms with E-state index in [1.807, 2.05) is 18.2 Å². The molecule has 1 saturated carbocycles. The average Bonchev–Trinajstić information content (AvgIpc) is 2.70. The number of amides is 1. The highest BCUT2D eigenvalue weighted by atomic mass is 32.1. The fourth-order valence-corrected chi connectivity index (χ4v) is 4.13. The van der Waals surface area contributed by atoms with Gasteiger partial charge in [-0.3, -0.25) is 14.2 Å². The molecule has 1 aliphatic carbocycles. The molecule has 144 valence electrons. The van der Waals surface area contributed by atoms with Crippen LogP contribution in [0.25, 0.3) is 16.6 Å². The zero-order valence-electron chi connectivity index (χ0n) is 15.8. The van der Waals surface area contributed by atoms with Crippen molar-refractivity contribution in [3.05, 3.63) is 69.2 Å². The maximum atomic E-state index is 12.9. The third-order valence-electron chi connectivity index (χ3n) is 5.54. The van der Waals surface area contributed by atoms with Crippen molar-refractivity contribution in [2.24, 2.45) is 5.92 Å². The molecule has 0 saturated heterocycles. The third-order valence-corrected chi connectivity index (χ3v) is 5.83. The molecule has 4 rings (SSSR count). The molecule has 5 nitrogen and oxygen atoms in total. The smallest absolute Gasteiger partial charge is 0.266 e. The molecule has 0 bridgehead atoms. The highest BCUT2D eigenvalue weighted by molar-refractivity contribution is 7.71. The molecule has 1 heterocycles. The summed E-state index contributed by atoms with van der Waals surface area (Å²) >= 11 is 5.38. The summed E-state index contributed by atoms with van der Waals surface area (Å²) in [4.78, 5) is 28.5. The standard InChI is InChI=1S/C22H23N3O2S/c1-14-6-10-16(11-7-14)23-20(26)15-8-12-17(13-9-15)25-21(27)18-4-2-3-5-19(18)24-22(25)28/h2-5,8-9,12-14,16H,6-7,10-11H2,1H3,(H,23,26)(H,24,28). The summed E-state index contributed by atoms with van der Waals surface area (Å²) < 4.78 is 1.79. The first-order valence-corrected chi connectivity index (χ1v) is 10.1. The Morgan fingerprint density at radius 3 is 2.46 bits per heavy atom.